The van der Waals surface area contributed by atoms with Crippen molar-refractivity contribution in [1.29, 1.82) is 0 Å². The molecule has 0 aliphatic rings. The number of guanidine groups is 1. The molecule has 0 aromatic heterocycles. The van der Waals surface area contributed by atoms with Gasteiger partial charge in [0.1, 0.15) is 11.6 Å². The van der Waals surface area contributed by atoms with Gasteiger partial charge >= 0.3 is 0 Å². The maximum Gasteiger partial charge on any atom is 0.243 e. The molecule has 0 saturated carbocycles. The number of hydrogen-bond donors (Lipinski definition) is 3. The molecule has 2 rings (SSSR count). The summed E-state index contributed by atoms with van der Waals surface area (Å²) in [4.78, 5) is 16.4. The van der Waals surface area contributed by atoms with Gasteiger partial charge in [0.05, 0.1) is 18.8 Å². The van der Waals surface area contributed by atoms with Gasteiger partial charge in [-0.15, -0.1) is 24.0 Å². The van der Waals surface area contributed by atoms with E-state index in [-0.39, 0.29) is 42.8 Å². The van der Waals surface area contributed by atoms with Gasteiger partial charge in [-0.25, -0.2) is 22.2 Å². The first-order valence-electron chi connectivity index (χ1n) is 9.19. The summed E-state index contributed by atoms with van der Waals surface area (Å²) < 4.78 is 50.0. The first-order valence-corrected chi connectivity index (χ1v) is 11.2. The van der Waals surface area contributed by atoms with Crippen LogP contribution >= 0.6 is 24.0 Å². The van der Waals surface area contributed by atoms with Crippen molar-refractivity contribution in [2.75, 3.05) is 24.7 Å². The summed E-state index contributed by atoms with van der Waals surface area (Å²) in [6, 6.07) is 9.38. The third kappa shape index (κ3) is 10.0. The standard InChI is InChI=1S/C20H24F2N4O3S.HI/c1-3-23-20(25-12-19(27)26-18-6-4-5-16(21)10-18)24-11-15-9-17(22)8-7-14(15)13-30(2,28)29;/h4-10H,3,11-13H2,1-2H3,(H,26,27)(H2,23,24,25);1H. The van der Waals surface area contributed by atoms with Gasteiger partial charge < -0.3 is 16.0 Å². The van der Waals surface area contributed by atoms with Crippen molar-refractivity contribution in [3.63, 3.8) is 0 Å². The Morgan fingerprint density at radius 3 is 2.39 bits per heavy atom. The van der Waals surface area contributed by atoms with E-state index in [2.05, 4.69) is 20.9 Å². The number of nitrogens with zero attached hydrogens (tertiary/aromatic N) is 1. The van der Waals surface area contributed by atoms with Crippen molar-refractivity contribution >= 4 is 51.4 Å². The van der Waals surface area contributed by atoms with Crippen LogP contribution in [0.5, 0.6) is 0 Å². The molecule has 2 aromatic carbocycles. The molecule has 3 N–H and O–H groups in total. The van der Waals surface area contributed by atoms with E-state index in [0.717, 1.165) is 6.26 Å². The Bertz CT molecular complexity index is 1030. The summed E-state index contributed by atoms with van der Waals surface area (Å²) in [5.41, 5.74) is 1.22. The second kappa shape index (κ2) is 12.5. The van der Waals surface area contributed by atoms with Crippen LogP contribution in [0.1, 0.15) is 18.1 Å². The fourth-order valence-electron chi connectivity index (χ4n) is 2.61. The van der Waals surface area contributed by atoms with Gasteiger partial charge in [0, 0.05) is 18.5 Å². The van der Waals surface area contributed by atoms with Crippen LogP contribution in [-0.4, -0.2) is 39.6 Å². The molecule has 170 valence electrons. The molecule has 0 radical (unpaired) electrons. The number of carbonyl (C=O) groups is 1. The van der Waals surface area contributed by atoms with Gasteiger partial charge in [-0.1, -0.05) is 12.1 Å². The lowest BCUT2D eigenvalue weighted by Crippen LogP contribution is -2.41. The molecular weight excluding hydrogens is 541 g/mol. The molecule has 0 saturated heterocycles. The monoisotopic (exact) mass is 566 g/mol. The van der Waals surface area contributed by atoms with Gasteiger partial charge in [-0.3, -0.25) is 4.79 Å². The van der Waals surface area contributed by atoms with Crippen molar-refractivity contribution in [2.24, 2.45) is 4.99 Å². The third-order valence-electron chi connectivity index (χ3n) is 3.86. The molecule has 0 bridgehead atoms. The molecule has 0 atom stereocenters. The summed E-state index contributed by atoms with van der Waals surface area (Å²) in [5, 5.41) is 8.34. The SMILES string of the molecule is CCNC(=NCc1cc(F)ccc1CS(C)(=O)=O)NCC(=O)Nc1cccc(F)c1.I. The normalized spacial score (nSPS) is 11.4. The van der Waals surface area contributed by atoms with Crippen LogP contribution in [0.4, 0.5) is 14.5 Å². The van der Waals surface area contributed by atoms with E-state index < -0.39 is 27.4 Å². The lowest BCUT2D eigenvalue weighted by molar-refractivity contribution is -0.115. The Balaban J connectivity index is 0.00000480. The van der Waals surface area contributed by atoms with Gasteiger partial charge in [0.25, 0.3) is 0 Å². The third-order valence-corrected chi connectivity index (χ3v) is 4.70. The van der Waals surface area contributed by atoms with Crippen LogP contribution < -0.4 is 16.0 Å². The molecule has 0 fully saturated rings. The molecule has 2 aromatic rings. The summed E-state index contributed by atoms with van der Waals surface area (Å²) >= 11 is 0. The first kappa shape index (κ1) is 26.8. The molecule has 11 heteroatoms. The zero-order valence-corrected chi connectivity index (χ0v) is 20.3. The average molecular weight is 566 g/mol. The van der Waals surface area contributed by atoms with Crippen LogP contribution in [-0.2, 0) is 26.9 Å². The zero-order chi connectivity index (χ0) is 22.1. The minimum absolute atomic E-state index is 0. The van der Waals surface area contributed by atoms with Crippen LogP contribution in [0, 0.1) is 11.6 Å². The number of sulfone groups is 1. The summed E-state index contributed by atoms with van der Waals surface area (Å²) in [6.45, 7) is 2.23. The fourth-order valence-corrected chi connectivity index (χ4v) is 3.45. The first-order chi connectivity index (χ1) is 14.2. The Hall–Kier alpha value is -2.28. The van der Waals surface area contributed by atoms with Crippen molar-refractivity contribution in [3.8, 4) is 0 Å². The second-order valence-electron chi connectivity index (χ2n) is 6.59. The van der Waals surface area contributed by atoms with Gasteiger partial charge in [-0.2, -0.15) is 0 Å². The smallest absolute Gasteiger partial charge is 0.243 e. The van der Waals surface area contributed by atoms with E-state index in [1.807, 2.05) is 6.92 Å². The number of hydrogen-bond acceptors (Lipinski definition) is 4. The number of aliphatic imine (C=N–C) groups is 1. The number of halogens is 3. The van der Waals surface area contributed by atoms with Crippen LogP contribution in [0.15, 0.2) is 47.5 Å². The predicted octanol–water partition coefficient (Wildman–Crippen LogP) is 2.82. The largest absolute Gasteiger partial charge is 0.357 e. The number of nitrogens with one attached hydrogen (secondary N) is 3. The minimum Gasteiger partial charge on any atom is -0.357 e. The number of carbonyl (C=O) groups excluding carboxylic acids is 1. The lowest BCUT2D eigenvalue weighted by Gasteiger charge is -2.13. The lowest BCUT2D eigenvalue weighted by atomic mass is 10.1. The van der Waals surface area contributed by atoms with E-state index in [4.69, 9.17) is 0 Å². The molecule has 0 heterocycles. The van der Waals surface area contributed by atoms with Crippen molar-refractivity contribution in [1.82, 2.24) is 10.6 Å². The molecule has 0 spiro atoms. The van der Waals surface area contributed by atoms with E-state index in [1.165, 1.54) is 36.4 Å². The van der Waals surface area contributed by atoms with Crippen LogP contribution in [0.2, 0.25) is 0 Å². The van der Waals surface area contributed by atoms with E-state index in [9.17, 15) is 22.0 Å². The van der Waals surface area contributed by atoms with Crippen LogP contribution in [0.25, 0.3) is 0 Å². The van der Waals surface area contributed by atoms with Crippen molar-refractivity contribution in [3.05, 3.63) is 65.2 Å². The highest BCUT2D eigenvalue weighted by Gasteiger charge is 2.11. The zero-order valence-electron chi connectivity index (χ0n) is 17.1. The Morgan fingerprint density at radius 2 is 1.74 bits per heavy atom. The van der Waals surface area contributed by atoms with Gasteiger partial charge in [0.15, 0.2) is 15.8 Å². The van der Waals surface area contributed by atoms with Gasteiger partial charge in [-0.05, 0) is 48.4 Å². The Morgan fingerprint density at radius 1 is 1.03 bits per heavy atom. The average Bonchev–Trinajstić information content (AvgIpc) is 2.65. The fraction of sp³-hybridized carbons (Fsp3) is 0.300. The van der Waals surface area contributed by atoms with Crippen molar-refractivity contribution in [2.45, 2.75) is 19.2 Å². The molecule has 0 unspecified atom stereocenters. The van der Waals surface area contributed by atoms with E-state index in [0.29, 0.717) is 29.3 Å². The summed E-state index contributed by atoms with van der Waals surface area (Å²) in [7, 11) is -3.30. The summed E-state index contributed by atoms with van der Waals surface area (Å²) in [5.74, 6) is -1.30. The number of anilines is 1. The Kier molecular flexibility index (Phi) is 10.8. The second-order valence-corrected chi connectivity index (χ2v) is 8.73. The van der Waals surface area contributed by atoms with Crippen molar-refractivity contribution < 1.29 is 22.0 Å². The van der Waals surface area contributed by atoms with E-state index in [1.54, 1.807) is 6.07 Å². The molecule has 0 aliphatic carbocycles. The number of rotatable bonds is 8. The highest BCUT2D eigenvalue weighted by molar-refractivity contribution is 14.0. The molecule has 1 amide bonds. The molecule has 31 heavy (non-hydrogen) atoms. The number of benzene rings is 2. The predicted molar refractivity (Wildman–Crippen MR) is 128 cm³/mol. The van der Waals surface area contributed by atoms with Gasteiger partial charge in [0.2, 0.25) is 5.91 Å². The molecule has 7 nitrogen and oxygen atoms in total. The molecule has 0 aliphatic heterocycles. The van der Waals surface area contributed by atoms with Crippen LogP contribution in [0.3, 0.4) is 0 Å². The summed E-state index contributed by atoms with van der Waals surface area (Å²) in [6.07, 6.45) is 1.10. The Labute approximate surface area is 197 Å². The topological polar surface area (TPSA) is 99.7 Å². The highest BCUT2D eigenvalue weighted by Crippen LogP contribution is 2.15. The quantitative estimate of drug-likeness (QED) is 0.260. The maximum absolute atomic E-state index is 13.6. The minimum atomic E-state index is -3.30. The molecular formula is C20H25F2IN4O3S. The maximum atomic E-state index is 13.6. The number of amides is 1. The highest BCUT2D eigenvalue weighted by atomic mass is 127. The van der Waals surface area contributed by atoms with E-state index >= 15 is 0 Å².